The maximum absolute atomic E-state index is 14.8. The molecule has 0 radical (unpaired) electrons. The second-order valence-electron chi connectivity index (χ2n) is 17.7. The number of amides is 4. The van der Waals surface area contributed by atoms with Crippen LogP contribution in [-0.4, -0.2) is 90.3 Å². The number of ether oxygens (including phenoxy) is 3. The van der Waals surface area contributed by atoms with Gasteiger partial charge in [0.2, 0.25) is 21.8 Å². The zero-order valence-corrected chi connectivity index (χ0v) is 34.8. The van der Waals surface area contributed by atoms with Crippen LogP contribution in [0.4, 0.5) is 4.79 Å². The number of allylic oxidation sites excluding steroid dienone is 1. The van der Waals surface area contributed by atoms with Gasteiger partial charge in [-0.15, -0.1) is 0 Å². The van der Waals surface area contributed by atoms with E-state index in [2.05, 4.69) is 15.4 Å². The Morgan fingerprint density at radius 3 is 2.56 bits per heavy atom. The lowest BCUT2D eigenvalue weighted by molar-refractivity contribution is -0.141. The third-order valence-electron chi connectivity index (χ3n) is 12.4. The summed E-state index contributed by atoms with van der Waals surface area (Å²) in [7, 11) is -2.38. The third-order valence-corrected chi connectivity index (χ3v) is 14.6. The summed E-state index contributed by atoms with van der Waals surface area (Å²) in [6.45, 7) is 9.76. The normalized spacial score (nSPS) is 28.9. The number of hydrogen-bond donors (Lipinski definition) is 3. The van der Waals surface area contributed by atoms with Crippen LogP contribution in [0.25, 0.3) is 10.9 Å². The maximum Gasteiger partial charge on any atom is 0.407 e. The Labute approximate surface area is 335 Å². The number of rotatable bonds is 8. The molecular weight excluding hydrogens is 751 g/mol. The average molecular weight is 808 g/mol. The molecule has 0 bridgehead atoms. The Kier molecular flexibility index (Phi) is 11.0. The molecular formula is C42H57N5O9S. The highest BCUT2D eigenvalue weighted by Crippen LogP contribution is 2.49. The van der Waals surface area contributed by atoms with Crippen molar-refractivity contribution in [1.29, 1.82) is 0 Å². The molecule has 57 heavy (non-hydrogen) atoms. The molecule has 1 aromatic heterocycles. The number of benzene rings is 1. The van der Waals surface area contributed by atoms with E-state index in [9.17, 15) is 27.6 Å². The SMILES string of the molecule is COc1ccc2nc(C(C)C)c3c(c2c1)CC[C@]1(C[C@H]2C(=O)N[C@]4(C(=O)NS(=O)(=O)C5(C)CC5)C[C@H]4/C=C\CCCCC[C@H](NC(=O)OCC(C)C)C(=O)N2C1)O3. The van der Waals surface area contributed by atoms with Crippen molar-refractivity contribution in [1.82, 2.24) is 25.2 Å². The van der Waals surface area contributed by atoms with Crippen molar-refractivity contribution in [3.8, 4) is 11.5 Å². The lowest BCUT2D eigenvalue weighted by atomic mass is 9.86. The largest absolute Gasteiger partial charge is 0.497 e. The van der Waals surface area contributed by atoms with E-state index in [-0.39, 0.29) is 37.8 Å². The summed E-state index contributed by atoms with van der Waals surface area (Å²) in [4.78, 5) is 63.1. The molecule has 1 saturated heterocycles. The van der Waals surface area contributed by atoms with Gasteiger partial charge in [-0.1, -0.05) is 52.7 Å². The molecule has 4 amide bonds. The molecule has 1 aromatic carbocycles. The van der Waals surface area contributed by atoms with Crippen molar-refractivity contribution in [3.63, 3.8) is 0 Å². The number of carbonyl (C=O) groups is 4. The molecule has 15 heteroatoms. The van der Waals surface area contributed by atoms with E-state index in [0.29, 0.717) is 56.4 Å². The number of sulfonamides is 1. The number of nitrogens with zero attached hydrogens (tertiary/aromatic N) is 2. The van der Waals surface area contributed by atoms with E-state index < -0.39 is 67.7 Å². The highest BCUT2D eigenvalue weighted by atomic mass is 32.2. The van der Waals surface area contributed by atoms with Crippen molar-refractivity contribution in [2.45, 2.75) is 139 Å². The molecule has 14 nitrogen and oxygen atoms in total. The predicted molar refractivity (Wildman–Crippen MR) is 213 cm³/mol. The van der Waals surface area contributed by atoms with E-state index >= 15 is 0 Å². The predicted octanol–water partition coefficient (Wildman–Crippen LogP) is 5.18. The van der Waals surface area contributed by atoms with Crippen molar-refractivity contribution in [2.75, 3.05) is 20.3 Å². The number of methoxy groups -OCH3 is 1. The van der Waals surface area contributed by atoms with Crippen molar-refractivity contribution < 1.29 is 41.8 Å². The Morgan fingerprint density at radius 1 is 1.09 bits per heavy atom. The summed E-state index contributed by atoms with van der Waals surface area (Å²) in [5.41, 5.74) is 0.0531. The zero-order valence-electron chi connectivity index (χ0n) is 33.9. The molecule has 7 rings (SSSR count). The minimum absolute atomic E-state index is 0.00460. The standard InChI is InChI=1S/C42H57N5O9S/c1-25(2)23-55-39(51)44-32-13-11-9-7-8-10-12-27-21-42(27,38(50)46-57(52,53)40(5)18-19-40)45-36(48)33-22-41(24-47(33)37(32)49)17-16-29-30-20-28(54-6)14-15-31(30)43-34(26(3)4)35(29)56-41/h10,12,14-15,20,25-27,32-33H,7-9,11,13,16-19,21-24H2,1-6H3,(H,44,51)(H,45,48)(H,46,50)/b12-10-/t27-,32+,33+,41-,42-/m1/s1. The molecule has 2 saturated carbocycles. The van der Waals surface area contributed by atoms with Gasteiger partial charge in [-0.2, -0.15) is 0 Å². The number of pyridine rings is 1. The van der Waals surface area contributed by atoms with Gasteiger partial charge in [-0.3, -0.25) is 19.1 Å². The van der Waals surface area contributed by atoms with E-state index in [4.69, 9.17) is 19.2 Å². The number of aryl methyl sites for hydroxylation is 1. The van der Waals surface area contributed by atoms with Crippen LogP contribution in [0.2, 0.25) is 0 Å². The molecule has 3 fully saturated rings. The molecule has 2 aliphatic carbocycles. The summed E-state index contributed by atoms with van der Waals surface area (Å²) in [5.74, 6) is -0.842. The number of carbonyl (C=O) groups excluding carboxylic acids is 4. The smallest absolute Gasteiger partial charge is 0.407 e. The van der Waals surface area contributed by atoms with Crippen LogP contribution in [-0.2, 0) is 35.6 Å². The fraction of sp³-hybridized carbons (Fsp3) is 0.643. The molecule has 4 heterocycles. The quantitative estimate of drug-likeness (QED) is 0.301. The van der Waals surface area contributed by atoms with Crippen LogP contribution in [0.1, 0.15) is 116 Å². The summed E-state index contributed by atoms with van der Waals surface area (Å²) in [6, 6.07) is 3.68. The van der Waals surface area contributed by atoms with Gasteiger partial charge in [0.15, 0.2) is 0 Å². The molecule has 3 N–H and O–H groups in total. The fourth-order valence-corrected chi connectivity index (χ4v) is 9.79. The number of hydrogen-bond acceptors (Lipinski definition) is 10. The van der Waals surface area contributed by atoms with Crippen LogP contribution >= 0.6 is 0 Å². The summed E-state index contributed by atoms with van der Waals surface area (Å²) < 4.78 is 45.8. The van der Waals surface area contributed by atoms with Crippen LogP contribution in [0.5, 0.6) is 11.5 Å². The lowest BCUT2D eigenvalue weighted by Gasteiger charge is -2.37. The second kappa shape index (κ2) is 15.4. The Hall–Kier alpha value is -4.40. The summed E-state index contributed by atoms with van der Waals surface area (Å²) in [6.07, 6.45) is 8.67. The van der Waals surface area contributed by atoms with Crippen LogP contribution in [0, 0.1) is 11.8 Å². The van der Waals surface area contributed by atoms with Gasteiger partial charge in [-0.05, 0) is 88.3 Å². The first-order valence-electron chi connectivity index (χ1n) is 20.5. The molecule has 5 atom stereocenters. The first-order valence-corrected chi connectivity index (χ1v) is 22.0. The van der Waals surface area contributed by atoms with E-state index in [1.807, 2.05) is 58.0 Å². The topological polar surface area (TPSA) is 182 Å². The highest BCUT2D eigenvalue weighted by molar-refractivity contribution is 7.91. The third kappa shape index (κ3) is 8.05. The van der Waals surface area contributed by atoms with Gasteiger partial charge in [0.05, 0.1) is 36.2 Å². The molecule has 2 aromatic rings. The Bertz CT molecular complexity index is 2080. The maximum atomic E-state index is 14.8. The minimum atomic E-state index is -3.99. The van der Waals surface area contributed by atoms with Gasteiger partial charge in [0.25, 0.3) is 5.91 Å². The van der Waals surface area contributed by atoms with Gasteiger partial charge in [0, 0.05) is 23.3 Å². The summed E-state index contributed by atoms with van der Waals surface area (Å²) in [5, 5.41) is 6.68. The number of alkyl carbamates (subject to hydrolysis) is 1. The monoisotopic (exact) mass is 807 g/mol. The number of fused-ring (bicyclic) bond motifs is 5. The van der Waals surface area contributed by atoms with E-state index in [1.165, 1.54) is 4.90 Å². The van der Waals surface area contributed by atoms with Gasteiger partial charge in [-0.25, -0.2) is 18.2 Å². The Morgan fingerprint density at radius 2 is 1.86 bits per heavy atom. The molecule has 3 aliphatic heterocycles. The minimum Gasteiger partial charge on any atom is -0.497 e. The summed E-state index contributed by atoms with van der Waals surface area (Å²) >= 11 is 0. The fourth-order valence-electron chi connectivity index (χ4n) is 8.48. The van der Waals surface area contributed by atoms with Crippen molar-refractivity contribution >= 4 is 44.7 Å². The first kappa shape index (κ1) is 40.8. The lowest BCUT2D eigenvalue weighted by Crippen LogP contribution is -2.58. The Balaban J connectivity index is 1.25. The zero-order chi connectivity index (χ0) is 40.9. The van der Waals surface area contributed by atoms with Crippen LogP contribution in [0.15, 0.2) is 30.4 Å². The van der Waals surface area contributed by atoms with E-state index in [0.717, 1.165) is 35.0 Å². The van der Waals surface area contributed by atoms with Gasteiger partial charge in [0.1, 0.15) is 34.7 Å². The molecule has 0 unspecified atom stereocenters. The molecule has 1 spiro atoms. The van der Waals surface area contributed by atoms with E-state index in [1.54, 1.807) is 14.0 Å². The first-order chi connectivity index (χ1) is 27.0. The molecule has 310 valence electrons. The van der Waals surface area contributed by atoms with Gasteiger partial charge < -0.3 is 29.7 Å². The number of nitrogens with one attached hydrogen (secondary N) is 3. The van der Waals surface area contributed by atoms with Crippen molar-refractivity contribution in [2.24, 2.45) is 11.8 Å². The van der Waals surface area contributed by atoms with Crippen LogP contribution in [0.3, 0.4) is 0 Å². The highest BCUT2D eigenvalue weighted by Gasteiger charge is 2.64. The second-order valence-corrected chi connectivity index (χ2v) is 19.9. The molecule has 5 aliphatic rings. The van der Waals surface area contributed by atoms with Crippen molar-refractivity contribution in [3.05, 3.63) is 41.6 Å². The average Bonchev–Trinajstić information content (AvgIpc) is 4.06. The van der Waals surface area contributed by atoms with Gasteiger partial charge >= 0.3 is 6.09 Å². The number of aromatic nitrogens is 1. The van der Waals surface area contributed by atoms with Crippen LogP contribution < -0.4 is 24.8 Å².